The fourth-order valence-corrected chi connectivity index (χ4v) is 1.86. The molecule has 0 aliphatic heterocycles. The van der Waals surface area contributed by atoms with Gasteiger partial charge in [0.1, 0.15) is 6.04 Å². The second-order valence-corrected chi connectivity index (χ2v) is 4.60. The maximum absolute atomic E-state index is 12.4. The first-order chi connectivity index (χ1) is 8.90. The van der Waals surface area contributed by atoms with E-state index in [1.54, 1.807) is 18.9 Å². The standard InChI is InChI=1S/C13H26N2O4/c1-6-10(3)15(8-9-19-5)13(18)14(4)11(7-2)12(16)17/h10-11H,6-9H2,1-5H3,(H,16,17). The van der Waals surface area contributed by atoms with Gasteiger partial charge in [-0.25, -0.2) is 9.59 Å². The lowest BCUT2D eigenvalue weighted by atomic mass is 10.2. The highest BCUT2D eigenvalue weighted by atomic mass is 16.5. The molecule has 0 bridgehead atoms. The van der Waals surface area contributed by atoms with Crippen LogP contribution in [0.25, 0.3) is 0 Å². The number of carboxylic acid groups (broad SMARTS) is 1. The molecule has 6 nitrogen and oxygen atoms in total. The van der Waals surface area contributed by atoms with Crippen molar-refractivity contribution < 1.29 is 19.4 Å². The van der Waals surface area contributed by atoms with E-state index in [9.17, 15) is 9.59 Å². The zero-order valence-electron chi connectivity index (χ0n) is 12.5. The number of likely N-dealkylation sites (N-methyl/N-ethyl adjacent to an activating group) is 1. The molecule has 0 spiro atoms. The van der Waals surface area contributed by atoms with Crippen molar-refractivity contribution in [2.45, 2.75) is 45.7 Å². The minimum absolute atomic E-state index is 0.0522. The average Bonchev–Trinajstić information content (AvgIpc) is 2.38. The molecule has 0 aromatic rings. The molecule has 0 aromatic heterocycles. The van der Waals surface area contributed by atoms with Crippen LogP contribution in [0.3, 0.4) is 0 Å². The molecule has 6 heteroatoms. The van der Waals surface area contributed by atoms with Crippen LogP contribution in [0.15, 0.2) is 0 Å². The van der Waals surface area contributed by atoms with Crippen LogP contribution in [0, 0.1) is 0 Å². The third-order valence-corrected chi connectivity index (χ3v) is 3.35. The summed E-state index contributed by atoms with van der Waals surface area (Å²) in [5, 5.41) is 9.11. The predicted octanol–water partition coefficient (Wildman–Crippen LogP) is 1.65. The van der Waals surface area contributed by atoms with E-state index in [-0.39, 0.29) is 12.1 Å². The summed E-state index contributed by atoms with van der Waals surface area (Å²) in [5.74, 6) is -0.978. The Kier molecular flexibility index (Phi) is 8.14. The van der Waals surface area contributed by atoms with Crippen molar-refractivity contribution in [2.24, 2.45) is 0 Å². The number of urea groups is 1. The highest BCUT2D eigenvalue weighted by molar-refractivity contribution is 5.82. The van der Waals surface area contributed by atoms with Gasteiger partial charge in [-0.2, -0.15) is 0 Å². The van der Waals surface area contributed by atoms with Gasteiger partial charge >= 0.3 is 12.0 Å². The molecule has 1 N–H and O–H groups in total. The SMILES string of the molecule is CCC(C(=O)O)N(C)C(=O)N(CCOC)C(C)CC. The van der Waals surface area contributed by atoms with Gasteiger partial charge in [-0.05, 0) is 19.8 Å². The quantitative estimate of drug-likeness (QED) is 0.730. The van der Waals surface area contributed by atoms with Crippen LogP contribution in [0.2, 0.25) is 0 Å². The first-order valence-electron chi connectivity index (χ1n) is 6.65. The van der Waals surface area contributed by atoms with E-state index < -0.39 is 12.0 Å². The van der Waals surface area contributed by atoms with E-state index in [0.29, 0.717) is 19.6 Å². The first kappa shape index (κ1) is 17.7. The molecule has 19 heavy (non-hydrogen) atoms. The average molecular weight is 274 g/mol. The molecular formula is C13H26N2O4. The van der Waals surface area contributed by atoms with Crippen molar-refractivity contribution in [3.05, 3.63) is 0 Å². The Balaban J connectivity index is 4.90. The summed E-state index contributed by atoms with van der Waals surface area (Å²) in [5.41, 5.74) is 0. The van der Waals surface area contributed by atoms with E-state index in [0.717, 1.165) is 6.42 Å². The number of rotatable bonds is 8. The van der Waals surface area contributed by atoms with Gasteiger partial charge in [-0.15, -0.1) is 0 Å². The number of ether oxygens (including phenoxy) is 1. The van der Waals surface area contributed by atoms with Crippen LogP contribution in [0.5, 0.6) is 0 Å². The molecule has 0 heterocycles. The summed E-state index contributed by atoms with van der Waals surface area (Å²) in [7, 11) is 3.11. The van der Waals surface area contributed by atoms with Crippen molar-refractivity contribution in [3.63, 3.8) is 0 Å². The van der Waals surface area contributed by atoms with Crippen molar-refractivity contribution in [1.82, 2.24) is 9.80 Å². The second-order valence-electron chi connectivity index (χ2n) is 4.60. The van der Waals surface area contributed by atoms with Crippen molar-refractivity contribution in [2.75, 3.05) is 27.3 Å². The number of methoxy groups -OCH3 is 1. The Morgan fingerprint density at radius 2 is 1.84 bits per heavy atom. The van der Waals surface area contributed by atoms with Crippen LogP contribution < -0.4 is 0 Å². The van der Waals surface area contributed by atoms with Gasteiger partial charge in [0.05, 0.1) is 6.61 Å². The van der Waals surface area contributed by atoms with E-state index in [1.807, 2.05) is 13.8 Å². The third-order valence-electron chi connectivity index (χ3n) is 3.35. The van der Waals surface area contributed by atoms with E-state index >= 15 is 0 Å². The van der Waals surface area contributed by atoms with Gasteiger partial charge in [-0.3, -0.25) is 0 Å². The Labute approximate surface area is 115 Å². The minimum atomic E-state index is -0.978. The van der Waals surface area contributed by atoms with Crippen LogP contribution in [-0.4, -0.2) is 66.3 Å². The third kappa shape index (κ3) is 5.06. The molecule has 2 atom stereocenters. The Morgan fingerprint density at radius 3 is 2.21 bits per heavy atom. The molecule has 0 rings (SSSR count). The largest absolute Gasteiger partial charge is 0.480 e. The van der Waals surface area contributed by atoms with Crippen molar-refractivity contribution in [1.29, 1.82) is 0 Å². The molecule has 2 amide bonds. The topological polar surface area (TPSA) is 70.1 Å². The number of amides is 2. The van der Waals surface area contributed by atoms with Gasteiger partial charge in [0.15, 0.2) is 0 Å². The maximum atomic E-state index is 12.4. The Bertz CT molecular complexity index is 296. The van der Waals surface area contributed by atoms with Crippen LogP contribution in [-0.2, 0) is 9.53 Å². The van der Waals surface area contributed by atoms with Gasteiger partial charge in [0.2, 0.25) is 0 Å². The lowest BCUT2D eigenvalue weighted by Crippen LogP contribution is -2.52. The summed E-state index contributed by atoms with van der Waals surface area (Å²) in [4.78, 5) is 26.5. The van der Waals surface area contributed by atoms with E-state index in [2.05, 4.69) is 0 Å². The van der Waals surface area contributed by atoms with Crippen molar-refractivity contribution >= 4 is 12.0 Å². The molecule has 112 valence electrons. The Morgan fingerprint density at radius 1 is 1.26 bits per heavy atom. The molecule has 0 saturated carbocycles. The fraction of sp³-hybridized carbons (Fsp3) is 0.846. The highest BCUT2D eigenvalue weighted by Crippen LogP contribution is 2.11. The summed E-state index contributed by atoms with van der Waals surface area (Å²) in [6, 6.07) is -1.00. The molecular weight excluding hydrogens is 248 g/mol. The second kappa shape index (κ2) is 8.74. The summed E-state index contributed by atoms with van der Waals surface area (Å²) >= 11 is 0. The Hall–Kier alpha value is -1.30. The number of aliphatic carboxylic acids is 1. The molecule has 0 radical (unpaired) electrons. The van der Waals surface area contributed by atoms with Gasteiger partial charge in [0, 0.05) is 26.7 Å². The fourth-order valence-electron chi connectivity index (χ4n) is 1.86. The summed E-state index contributed by atoms with van der Waals surface area (Å²) in [6.45, 7) is 6.60. The lowest BCUT2D eigenvalue weighted by Gasteiger charge is -2.34. The highest BCUT2D eigenvalue weighted by Gasteiger charge is 2.29. The summed E-state index contributed by atoms with van der Waals surface area (Å²) < 4.78 is 5.00. The van der Waals surface area contributed by atoms with Crippen molar-refractivity contribution in [3.8, 4) is 0 Å². The smallest absolute Gasteiger partial charge is 0.326 e. The van der Waals surface area contributed by atoms with Crippen LogP contribution in [0.1, 0.15) is 33.6 Å². The number of carbonyl (C=O) groups excluding carboxylic acids is 1. The number of hydrogen-bond donors (Lipinski definition) is 1. The molecule has 0 aliphatic rings. The normalized spacial score (nSPS) is 13.7. The van der Waals surface area contributed by atoms with Gasteiger partial charge in [0.25, 0.3) is 0 Å². The molecule has 0 aromatic carbocycles. The monoisotopic (exact) mass is 274 g/mol. The van der Waals surface area contributed by atoms with Crippen LogP contribution >= 0.6 is 0 Å². The number of nitrogens with zero attached hydrogens (tertiary/aromatic N) is 2. The lowest BCUT2D eigenvalue weighted by molar-refractivity contribution is -0.142. The van der Waals surface area contributed by atoms with Gasteiger partial charge < -0.3 is 19.6 Å². The maximum Gasteiger partial charge on any atom is 0.326 e. The zero-order chi connectivity index (χ0) is 15.0. The molecule has 2 unspecified atom stereocenters. The number of hydrogen-bond acceptors (Lipinski definition) is 3. The van der Waals surface area contributed by atoms with Crippen LogP contribution in [0.4, 0.5) is 4.79 Å². The first-order valence-corrected chi connectivity index (χ1v) is 6.65. The zero-order valence-corrected chi connectivity index (χ0v) is 12.5. The number of carbonyl (C=O) groups is 2. The van der Waals surface area contributed by atoms with Gasteiger partial charge in [-0.1, -0.05) is 13.8 Å². The molecule has 0 fully saturated rings. The predicted molar refractivity (Wildman–Crippen MR) is 73.2 cm³/mol. The summed E-state index contributed by atoms with van der Waals surface area (Å²) in [6.07, 6.45) is 1.20. The number of carboxylic acids is 1. The minimum Gasteiger partial charge on any atom is -0.480 e. The van der Waals surface area contributed by atoms with E-state index in [4.69, 9.17) is 9.84 Å². The molecule has 0 saturated heterocycles. The molecule has 0 aliphatic carbocycles. The van der Waals surface area contributed by atoms with E-state index in [1.165, 1.54) is 11.9 Å².